The van der Waals surface area contributed by atoms with Crippen LogP contribution in [0.5, 0.6) is 5.75 Å². The van der Waals surface area contributed by atoms with Crippen LogP contribution in [-0.2, 0) is 4.79 Å². The van der Waals surface area contributed by atoms with Gasteiger partial charge in [0, 0.05) is 11.6 Å². The minimum absolute atomic E-state index is 0.0909. The van der Waals surface area contributed by atoms with E-state index < -0.39 is 0 Å². The zero-order valence-corrected chi connectivity index (χ0v) is 17.2. The molecule has 0 bridgehead atoms. The van der Waals surface area contributed by atoms with E-state index in [9.17, 15) is 9.59 Å². The lowest BCUT2D eigenvalue weighted by molar-refractivity contribution is -0.123. The molecule has 0 radical (unpaired) electrons. The van der Waals surface area contributed by atoms with Gasteiger partial charge in [-0.1, -0.05) is 17.7 Å². The van der Waals surface area contributed by atoms with Gasteiger partial charge < -0.3 is 15.4 Å². The number of carbonyl (C=O) groups excluding carboxylic acids is 2. The summed E-state index contributed by atoms with van der Waals surface area (Å²) in [5, 5.41) is 7.94. The molecule has 3 rings (SSSR count). The molecule has 8 heteroatoms. The number of aromatic nitrogens is 2. The summed E-state index contributed by atoms with van der Waals surface area (Å²) in [4.78, 5) is 32.9. The number of ether oxygens (including phenoxy) is 1. The Kier molecular flexibility index (Phi) is 6.56. The lowest BCUT2D eigenvalue weighted by Crippen LogP contribution is -2.31. The fourth-order valence-corrected chi connectivity index (χ4v) is 3.31. The van der Waals surface area contributed by atoms with Crippen LogP contribution in [0.3, 0.4) is 0 Å². The van der Waals surface area contributed by atoms with Gasteiger partial charge in [0.05, 0.1) is 17.9 Å². The van der Waals surface area contributed by atoms with Crippen molar-refractivity contribution in [1.82, 2.24) is 15.3 Å². The van der Waals surface area contributed by atoms with Crippen LogP contribution in [-0.4, -0.2) is 28.4 Å². The predicted octanol–water partition coefficient (Wildman–Crippen LogP) is 3.66. The molecule has 0 fully saturated rings. The maximum Gasteiger partial charge on any atom is 0.275 e. The molecule has 0 aliphatic carbocycles. The van der Waals surface area contributed by atoms with Crippen molar-refractivity contribution in [3.63, 3.8) is 0 Å². The third kappa shape index (κ3) is 5.61. The number of thiazole rings is 1. The average Bonchev–Trinajstić information content (AvgIpc) is 3.20. The molecule has 0 saturated carbocycles. The van der Waals surface area contributed by atoms with E-state index in [-0.39, 0.29) is 24.5 Å². The highest BCUT2D eigenvalue weighted by molar-refractivity contribution is 7.09. The SMILES string of the molecule is Cc1ccc(OCC(=O)N[C@H](C)c2nc(C(=O)Nc3cnccc3C)cs2)cc1. The second-order valence-corrected chi connectivity index (χ2v) is 7.50. The molecule has 2 aromatic heterocycles. The van der Waals surface area contributed by atoms with Gasteiger partial charge in [0.1, 0.15) is 16.5 Å². The molecule has 0 unspecified atom stereocenters. The number of carbonyl (C=O) groups is 2. The summed E-state index contributed by atoms with van der Waals surface area (Å²) in [5.74, 6) is 0.0624. The molecule has 1 aromatic carbocycles. The molecule has 3 aromatic rings. The highest BCUT2D eigenvalue weighted by atomic mass is 32.1. The summed E-state index contributed by atoms with van der Waals surface area (Å²) in [6.07, 6.45) is 3.26. The number of pyridine rings is 1. The van der Waals surface area contributed by atoms with Crippen molar-refractivity contribution in [3.8, 4) is 5.75 Å². The van der Waals surface area contributed by atoms with Gasteiger partial charge in [0.15, 0.2) is 6.61 Å². The number of hydrogen-bond acceptors (Lipinski definition) is 6. The Morgan fingerprint density at radius 1 is 1.17 bits per heavy atom. The van der Waals surface area contributed by atoms with Gasteiger partial charge in [0.25, 0.3) is 11.8 Å². The molecule has 2 amide bonds. The molecular formula is C21H22N4O3S. The van der Waals surface area contributed by atoms with Crippen molar-refractivity contribution in [2.45, 2.75) is 26.8 Å². The van der Waals surface area contributed by atoms with E-state index in [4.69, 9.17) is 4.74 Å². The number of rotatable bonds is 7. The van der Waals surface area contributed by atoms with Crippen molar-refractivity contribution in [3.05, 3.63) is 69.9 Å². The summed E-state index contributed by atoms with van der Waals surface area (Å²) in [5.41, 5.74) is 2.97. The summed E-state index contributed by atoms with van der Waals surface area (Å²) < 4.78 is 5.48. The predicted molar refractivity (Wildman–Crippen MR) is 112 cm³/mol. The number of aryl methyl sites for hydroxylation is 2. The van der Waals surface area contributed by atoms with Gasteiger partial charge in [-0.2, -0.15) is 0 Å². The van der Waals surface area contributed by atoms with Crippen LogP contribution in [0.25, 0.3) is 0 Å². The quantitative estimate of drug-likeness (QED) is 0.620. The van der Waals surface area contributed by atoms with Crippen molar-refractivity contribution >= 4 is 28.8 Å². The van der Waals surface area contributed by atoms with Gasteiger partial charge >= 0.3 is 0 Å². The number of anilines is 1. The first-order chi connectivity index (χ1) is 13.9. The Bertz CT molecular complexity index is 1000. The van der Waals surface area contributed by atoms with Crippen LogP contribution in [0, 0.1) is 13.8 Å². The smallest absolute Gasteiger partial charge is 0.275 e. The largest absolute Gasteiger partial charge is 0.484 e. The Labute approximate surface area is 173 Å². The van der Waals surface area contributed by atoms with Crippen LogP contribution in [0.1, 0.15) is 39.6 Å². The number of nitrogens with one attached hydrogen (secondary N) is 2. The summed E-state index contributed by atoms with van der Waals surface area (Å²) in [6.45, 7) is 5.60. The molecule has 2 heterocycles. The van der Waals surface area contributed by atoms with Crippen LogP contribution in [0.2, 0.25) is 0 Å². The molecule has 0 aliphatic rings. The first-order valence-electron chi connectivity index (χ1n) is 9.08. The van der Waals surface area contributed by atoms with E-state index in [1.165, 1.54) is 11.3 Å². The summed E-state index contributed by atoms with van der Waals surface area (Å²) in [7, 11) is 0. The lowest BCUT2D eigenvalue weighted by atomic mass is 10.2. The topological polar surface area (TPSA) is 93.2 Å². The van der Waals surface area contributed by atoms with Crippen LogP contribution in [0.15, 0.2) is 48.1 Å². The Hall–Kier alpha value is -3.26. The molecule has 0 aliphatic heterocycles. The fourth-order valence-electron chi connectivity index (χ4n) is 2.50. The highest BCUT2D eigenvalue weighted by Crippen LogP contribution is 2.20. The van der Waals surface area contributed by atoms with Gasteiger partial charge in [-0.15, -0.1) is 11.3 Å². The van der Waals surface area contributed by atoms with Crippen LogP contribution < -0.4 is 15.4 Å². The minimum atomic E-state index is -0.337. The Balaban J connectivity index is 1.53. The first kappa shape index (κ1) is 20.5. The number of benzene rings is 1. The molecular weight excluding hydrogens is 388 g/mol. The number of hydrogen-bond donors (Lipinski definition) is 2. The van der Waals surface area contributed by atoms with Crippen LogP contribution in [0.4, 0.5) is 5.69 Å². The van der Waals surface area contributed by atoms with Gasteiger partial charge in [-0.05, 0) is 44.5 Å². The van der Waals surface area contributed by atoms with Crippen molar-refractivity contribution < 1.29 is 14.3 Å². The lowest BCUT2D eigenvalue weighted by Gasteiger charge is -2.12. The van der Waals surface area contributed by atoms with E-state index in [0.717, 1.165) is 11.1 Å². The van der Waals surface area contributed by atoms with E-state index in [2.05, 4.69) is 20.6 Å². The molecule has 0 spiro atoms. The third-order valence-electron chi connectivity index (χ3n) is 4.18. The summed E-state index contributed by atoms with van der Waals surface area (Å²) >= 11 is 1.32. The maximum absolute atomic E-state index is 12.4. The third-order valence-corrected chi connectivity index (χ3v) is 5.21. The molecule has 0 saturated heterocycles. The van der Waals surface area contributed by atoms with E-state index >= 15 is 0 Å². The molecule has 150 valence electrons. The second kappa shape index (κ2) is 9.29. The Morgan fingerprint density at radius 3 is 2.66 bits per heavy atom. The monoisotopic (exact) mass is 410 g/mol. The van der Waals surface area contributed by atoms with Gasteiger partial charge in [0.2, 0.25) is 0 Å². The summed E-state index contributed by atoms with van der Waals surface area (Å²) in [6, 6.07) is 8.97. The molecule has 29 heavy (non-hydrogen) atoms. The number of nitrogens with zero attached hydrogens (tertiary/aromatic N) is 2. The van der Waals surface area contributed by atoms with Crippen molar-refractivity contribution in [2.75, 3.05) is 11.9 Å². The van der Waals surface area contributed by atoms with Gasteiger partial charge in [-0.3, -0.25) is 14.6 Å². The van der Waals surface area contributed by atoms with E-state index in [0.29, 0.717) is 22.1 Å². The van der Waals surface area contributed by atoms with Crippen molar-refractivity contribution in [2.24, 2.45) is 0 Å². The minimum Gasteiger partial charge on any atom is -0.484 e. The second-order valence-electron chi connectivity index (χ2n) is 6.61. The molecule has 2 N–H and O–H groups in total. The molecule has 7 nitrogen and oxygen atoms in total. The van der Waals surface area contributed by atoms with Gasteiger partial charge in [-0.25, -0.2) is 4.98 Å². The zero-order valence-electron chi connectivity index (χ0n) is 16.4. The molecule has 1 atom stereocenters. The zero-order chi connectivity index (χ0) is 20.8. The standard InChI is InChI=1S/C21H22N4O3S/c1-13-4-6-16(7-5-13)28-11-19(26)23-15(3)21-25-18(12-29-21)20(27)24-17-10-22-9-8-14(17)2/h4-10,12,15H,11H2,1-3H3,(H,23,26)(H,24,27)/t15-/m1/s1. The fraction of sp³-hybridized carbons (Fsp3) is 0.238. The first-order valence-corrected chi connectivity index (χ1v) is 9.96. The average molecular weight is 410 g/mol. The maximum atomic E-state index is 12.4. The van der Waals surface area contributed by atoms with E-state index in [1.54, 1.807) is 17.8 Å². The highest BCUT2D eigenvalue weighted by Gasteiger charge is 2.17. The van der Waals surface area contributed by atoms with Crippen LogP contribution >= 0.6 is 11.3 Å². The number of amides is 2. The Morgan fingerprint density at radius 2 is 1.93 bits per heavy atom. The van der Waals surface area contributed by atoms with Crippen molar-refractivity contribution in [1.29, 1.82) is 0 Å². The normalized spacial score (nSPS) is 11.6. The van der Waals surface area contributed by atoms with E-state index in [1.807, 2.05) is 51.1 Å².